The predicted octanol–water partition coefficient (Wildman–Crippen LogP) is 5.28. The molecule has 0 spiro atoms. The Balaban J connectivity index is 2.09. The second-order valence-electron chi connectivity index (χ2n) is 5.81. The van der Waals surface area contributed by atoms with Gasteiger partial charge in [0.05, 0.1) is 12.6 Å². The molecule has 25 heavy (non-hydrogen) atoms. The molecular weight excluding hydrogens is 310 g/mol. The second kappa shape index (κ2) is 6.29. The van der Waals surface area contributed by atoms with E-state index in [1.165, 1.54) is 0 Å². The van der Waals surface area contributed by atoms with E-state index in [0.717, 1.165) is 38.9 Å². The molecule has 0 aliphatic rings. The lowest BCUT2D eigenvalue weighted by Gasteiger charge is -2.15. The van der Waals surface area contributed by atoms with Crippen LogP contribution in [0.5, 0.6) is 11.5 Å². The highest BCUT2D eigenvalue weighted by Gasteiger charge is 2.15. The summed E-state index contributed by atoms with van der Waals surface area (Å²) < 4.78 is 5.39. The van der Waals surface area contributed by atoms with Crippen molar-refractivity contribution < 1.29 is 9.84 Å². The van der Waals surface area contributed by atoms with Crippen LogP contribution in [0.25, 0.3) is 33.2 Å². The first kappa shape index (κ1) is 15.2. The Hall–Kier alpha value is -3.33. The highest BCUT2D eigenvalue weighted by Crippen LogP contribution is 2.40. The Morgan fingerprint density at radius 3 is 2.48 bits per heavy atom. The summed E-state index contributed by atoms with van der Waals surface area (Å²) >= 11 is 0. The molecule has 1 N–H and O–H groups in total. The molecule has 0 unspecified atom stereocenters. The van der Waals surface area contributed by atoms with Gasteiger partial charge in [-0.15, -0.1) is 0 Å². The van der Waals surface area contributed by atoms with Crippen molar-refractivity contribution in [2.45, 2.75) is 0 Å². The van der Waals surface area contributed by atoms with Gasteiger partial charge in [0.1, 0.15) is 11.5 Å². The van der Waals surface area contributed by atoms with Gasteiger partial charge >= 0.3 is 0 Å². The fourth-order valence-electron chi connectivity index (χ4n) is 3.14. The average Bonchev–Trinajstić information content (AvgIpc) is 2.67. The van der Waals surface area contributed by atoms with E-state index >= 15 is 0 Å². The lowest BCUT2D eigenvalue weighted by molar-refractivity contribution is 0.415. The monoisotopic (exact) mass is 327 g/mol. The van der Waals surface area contributed by atoms with E-state index in [4.69, 9.17) is 4.74 Å². The summed E-state index contributed by atoms with van der Waals surface area (Å²) in [6.45, 7) is 0. The summed E-state index contributed by atoms with van der Waals surface area (Å²) in [6.07, 6.45) is 1.83. The molecule has 0 saturated carbocycles. The van der Waals surface area contributed by atoms with Crippen molar-refractivity contribution in [2.75, 3.05) is 7.11 Å². The van der Waals surface area contributed by atoms with Crippen molar-refractivity contribution in [3.63, 3.8) is 0 Å². The maximum Gasteiger partial charge on any atom is 0.123 e. The summed E-state index contributed by atoms with van der Waals surface area (Å²) in [5.41, 5.74) is 4.63. The van der Waals surface area contributed by atoms with Gasteiger partial charge in [0.15, 0.2) is 0 Å². The largest absolute Gasteiger partial charge is 0.507 e. The molecule has 0 aliphatic carbocycles. The first-order valence-electron chi connectivity index (χ1n) is 8.08. The fraction of sp³-hybridized carbons (Fsp3) is 0.0455. The molecule has 122 valence electrons. The normalized spacial score (nSPS) is 10.8. The van der Waals surface area contributed by atoms with Gasteiger partial charge in [-0.1, -0.05) is 48.5 Å². The molecule has 0 radical (unpaired) electrons. The predicted molar refractivity (Wildman–Crippen MR) is 101 cm³/mol. The summed E-state index contributed by atoms with van der Waals surface area (Å²) in [6, 6.07) is 23.3. The number of para-hydroxylation sites is 2. The number of methoxy groups -OCH3 is 1. The van der Waals surface area contributed by atoms with Crippen LogP contribution in [-0.2, 0) is 0 Å². The molecule has 4 rings (SSSR count). The van der Waals surface area contributed by atoms with Crippen LogP contribution in [0.4, 0.5) is 0 Å². The number of rotatable bonds is 3. The summed E-state index contributed by atoms with van der Waals surface area (Å²) in [5, 5.41) is 11.4. The molecule has 0 aliphatic heterocycles. The van der Waals surface area contributed by atoms with Gasteiger partial charge in [0.25, 0.3) is 0 Å². The fourth-order valence-corrected chi connectivity index (χ4v) is 3.14. The molecule has 4 aromatic rings. The van der Waals surface area contributed by atoms with E-state index in [2.05, 4.69) is 11.1 Å². The lowest BCUT2D eigenvalue weighted by Crippen LogP contribution is -1.92. The van der Waals surface area contributed by atoms with E-state index in [1.54, 1.807) is 13.2 Å². The third kappa shape index (κ3) is 2.70. The minimum Gasteiger partial charge on any atom is -0.507 e. The zero-order valence-electron chi connectivity index (χ0n) is 13.8. The summed E-state index contributed by atoms with van der Waals surface area (Å²) in [7, 11) is 1.66. The number of aromatic nitrogens is 1. The van der Waals surface area contributed by atoms with Crippen molar-refractivity contribution in [3.8, 4) is 33.8 Å². The maximum absolute atomic E-state index is 10.4. The summed E-state index contributed by atoms with van der Waals surface area (Å²) in [4.78, 5) is 4.59. The average molecular weight is 327 g/mol. The molecule has 1 aromatic heterocycles. The molecule has 0 amide bonds. The van der Waals surface area contributed by atoms with E-state index in [1.807, 2.05) is 66.9 Å². The number of aromatic hydroxyl groups is 1. The lowest BCUT2D eigenvalue weighted by atomic mass is 9.92. The second-order valence-corrected chi connectivity index (χ2v) is 5.81. The standard InChI is InChI=1S/C22H17NO2/c1-25-16-8-6-7-15(13-16)22-18-10-2-4-11-20(18)23-14-19(22)17-9-3-5-12-21(17)24/h2-14,24H,1H3. The van der Waals surface area contributed by atoms with Crippen LogP contribution in [0.1, 0.15) is 0 Å². The van der Waals surface area contributed by atoms with Crippen LogP contribution in [-0.4, -0.2) is 17.2 Å². The molecule has 0 bridgehead atoms. The Kier molecular flexibility index (Phi) is 3.82. The van der Waals surface area contributed by atoms with Crippen molar-refractivity contribution in [1.29, 1.82) is 0 Å². The molecule has 3 nitrogen and oxygen atoms in total. The van der Waals surface area contributed by atoms with Crippen LogP contribution < -0.4 is 4.74 Å². The molecule has 3 heteroatoms. The Morgan fingerprint density at radius 1 is 0.840 bits per heavy atom. The minimum atomic E-state index is 0.240. The van der Waals surface area contributed by atoms with Crippen molar-refractivity contribution in [1.82, 2.24) is 4.98 Å². The Morgan fingerprint density at radius 2 is 1.64 bits per heavy atom. The zero-order valence-corrected chi connectivity index (χ0v) is 13.8. The number of ether oxygens (including phenoxy) is 1. The highest BCUT2D eigenvalue weighted by atomic mass is 16.5. The first-order chi connectivity index (χ1) is 12.3. The van der Waals surface area contributed by atoms with Crippen LogP contribution >= 0.6 is 0 Å². The first-order valence-corrected chi connectivity index (χ1v) is 8.08. The minimum absolute atomic E-state index is 0.240. The van der Waals surface area contributed by atoms with Crippen LogP contribution in [0.15, 0.2) is 79.0 Å². The zero-order chi connectivity index (χ0) is 17.2. The van der Waals surface area contributed by atoms with E-state index in [-0.39, 0.29) is 5.75 Å². The smallest absolute Gasteiger partial charge is 0.123 e. The van der Waals surface area contributed by atoms with Gasteiger partial charge in [0.2, 0.25) is 0 Å². The van der Waals surface area contributed by atoms with Gasteiger partial charge in [-0.05, 0) is 29.8 Å². The van der Waals surface area contributed by atoms with Crippen LogP contribution in [0.3, 0.4) is 0 Å². The topological polar surface area (TPSA) is 42.4 Å². The number of nitrogens with zero attached hydrogens (tertiary/aromatic N) is 1. The quantitative estimate of drug-likeness (QED) is 0.556. The van der Waals surface area contributed by atoms with Crippen LogP contribution in [0, 0.1) is 0 Å². The van der Waals surface area contributed by atoms with E-state index in [9.17, 15) is 5.11 Å². The third-order valence-corrected chi connectivity index (χ3v) is 4.33. The van der Waals surface area contributed by atoms with E-state index < -0.39 is 0 Å². The highest BCUT2D eigenvalue weighted by molar-refractivity contribution is 6.02. The number of pyridine rings is 1. The third-order valence-electron chi connectivity index (χ3n) is 4.33. The molecule has 0 atom stereocenters. The molecule has 0 fully saturated rings. The van der Waals surface area contributed by atoms with Gasteiger partial charge in [-0.3, -0.25) is 4.98 Å². The van der Waals surface area contributed by atoms with Gasteiger partial charge < -0.3 is 9.84 Å². The number of fused-ring (bicyclic) bond motifs is 1. The van der Waals surface area contributed by atoms with Gasteiger partial charge in [0, 0.05) is 28.3 Å². The Bertz CT molecular complexity index is 1060. The molecule has 0 saturated heterocycles. The van der Waals surface area contributed by atoms with Crippen molar-refractivity contribution >= 4 is 10.9 Å². The van der Waals surface area contributed by atoms with Gasteiger partial charge in [-0.25, -0.2) is 0 Å². The van der Waals surface area contributed by atoms with E-state index in [0.29, 0.717) is 0 Å². The van der Waals surface area contributed by atoms with Crippen molar-refractivity contribution in [2.24, 2.45) is 0 Å². The molecular formula is C22H17NO2. The number of hydrogen-bond acceptors (Lipinski definition) is 3. The molecule has 1 heterocycles. The van der Waals surface area contributed by atoms with Crippen LogP contribution in [0.2, 0.25) is 0 Å². The van der Waals surface area contributed by atoms with Crippen molar-refractivity contribution in [3.05, 3.63) is 79.0 Å². The number of benzene rings is 3. The number of phenolic OH excluding ortho intramolecular Hbond substituents is 1. The Labute approximate surface area is 146 Å². The van der Waals surface area contributed by atoms with Gasteiger partial charge in [-0.2, -0.15) is 0 Å². The summed E-state index contributed by atoms with van der Waals surface area (Å²) in [5.74, 6) is 1.03. The SMILES string of the molecule is COc1cccc(-c2c(-c3ccccc3O)cnc3ccccc23)c1. The molecule has 3 aromatic carbocycles. The number of hydrogen-bond donors (Lipinski definition) is 1. The number of phenols is 1. The maximum atomic E-state index is 10.4.